The van der Waals surface area contributed by atoms with Crippen LogP contribution in [0.1, 0.15) is 28.2 Å². The van der Waals surface area contributed by atoms with Crippen LogP contribution in [-0.4, -0.2) is 38.6 Å². The lowest BCUT2D eigenvalue weighted by atomic mass is 10.1. The SMILES string of the molecule is Cc1[nH]c(=O)c(Br)c(OCc2ccc(F)cc2F)c1Cc1cnc(CNC(=O)[C@H](N)CO)cn1. The van der Waals surface area contributed by atoms with Crippen LogP contribution < -0.4 is 21.3 Å². The highest BCUT2D eigenvalue weighted by Gasteiger charge is 2.18. The molecular formula is C22H22BrF2N5O4. The Morgan fingerprint density at radius 1 is 1.29 bits per heavy atom. The highest BCUT2D eigenvalue weighted by atomic mass is 79.9. The molecule has 0 aliphatic rings. The number of rotatable bonds is 9. The van der Waals surface area contributed by atoms with Crippen LogP contribution >= 0.6 is 15.9 Å². The van der Waals surface area contributed by atoms with Gasteiger partial charge in [-0.3, -0.25) is 19.6 Å². The second-order valence-electron chi connectivity index (χ2n) is 7.41. The molecule has 2 aromatic heterocycles. The summed E-state index contributed by atoms with van der Waals surface area (Å²) < 4.78 is 33.1. The van der Waals surface area contributed by atoms with Crippen LogP contribution in [0.3, 0.4) is 0 Å². The standard InChI is InChI=1S/C22H22BrF2N5O4/c1-11-16(5-14-6-28-15(7-27-14)8-29-21(32)18(26)9-31)20(19(23)22(33)30-11)34-10-12-2-3-13(24)4-17(12)25/h2-4,6-7,18,31H,5,8-10,26H2,1H3,(H,29,32)(H,30,33)/t18-/m1/s1. The van der Waals surface area contributed by atoms with Gasteiger partial charge in [-0.15, -0.1) is 0 Å². The average molecular weight is 538 g/mol. The first-order valence-electron chi connectivity index (χ1n) is 10.1. The number of nitrogens with one attached hydrogen (secondary N) is 2. The molecule has 0 aliphatic carbocycles. The van der Waals surface area contributed by atoms with Gasteiger partial charge in [-0.1, -0.05) is 0 Å². The van der Waals surface area contributed by atoms with E-state index in [1.54, 1.807) is 6.92 Å². The molecule has 1 amide bonds. The second kappa shape index (κ2) is 11.3. The largest absolute Gasteiger partial charge is 0.487 e. The van der Waals surface area contributed by atoms with Gasteiger partial charge in [0.25, 0.3) is 5.56 Å². The minimum Gasteiger partial charge on any atom is -0.487 e. The Hall–Kier alpha value is -3.22. The predicted molar refractivity (Wildman–Crippen MR) is 122 cm³/mol. The first kappa shape index (κ1) is 25.4. The topological polar surface area (TPSA) is 143 Å². The van der Waals surface area contributed by atoms with E-state index in [4.69, 9.17) is 15.6 Å². The Kier molecular flexibility index (Phi) is 8.42. The minimum atomic E-state index is -1.02. The fourth-order valence-electron chi connectivity index (χ4n) is 3.00. The summed E-state index contributed by atoms with van der Waals surface area (Å²) in [5.74, 6) is -1.76. The van der Waals surface area contributed by atoms with E-state index < -0.39 is 35.7 Å². The van der Waals surface area contributed by atoms with Crippen molar-refractivity contribution in [2.24, 2.45) is 5.73 Å². The number of halogens is 3. The number of aromatic nitrogens is 3. The zero-order chi connectivity index (χ0) is 24.8. The summed E-state index contributed by atoms with van der Waals surface area (Å²) >= 11 is 3.22. The summed E-state index contributed by atoms with van der Waals surface area (Å²) in [6, 6.07) is 2.14. The van der Waals surface area contributed by atoms with Gasteiger partial charge < -0.3 is 25.9 Å². The van der Waals surface area contributed by atoms with Crippen molar-refractivity contribution in [1.29, 1.82) is 0 Å². The molecule has 9 nitrogen and oxygen atoms in total. The van der Waals surface area contributed by atoms with Crippen molar-refractivity contribution in [3.8, 4) is 5.75 Å². The van der Waals surface area contributed by atoms with Gasteiger partial charge in [-0.05, 0) is 35.0 Å². The number of benzene rings is 1. The van der Waals surface area contributed by atoms with E-state index in [1.807, 2.05) is 0 Å². The van der Waals surface area contributed by atoms with Gasteiger partial charge in [0.05, 0.1) is 30.7 Å². The number of H-pyrrole nitrogens is 1. The molecule has 1 atom stereocenters. The highest BCUT2D eigenvalue weighted by Crippen LogP contribution is 2.30. The highest BCUT2D eigenvalue weighted by molar-refractivity contribution is 9.10. The Morgan fingerprint density at radius 3 is 2.65 bits per heavy atom. The number of aromatic amines is 1. The Bertz CT molecular complexity index is 1240. The molecular weight excluding hydrogens is 516 g/mol. The molecule has 3 aromatic rings. The van der Waals surface area contributed by atoms with Crippen molar-refractivity contribution in [2.45, 2.75) is 32.5 Å². The number of carbonyl (C=O) groups is 1. The number of amides is 1. The number of ether oxygens (including phenoxy) is 1. The summed E-state index contributed by atoms with van der Waals surface area (Å²) in [7, 11) is 0. The molecule has 0 radical (unpaired) electrons. The molecule has 0 saturated carbocycles. The number of pyridine rings is 1. The molecule has 12 heteroatoms. The van der Waals surface area contributed by atoms with E-state index in [-0.39, 0.29) is 35.4 Å². The number of aryl methyl sites for hydroxylation is 1. The summed E-state index contributed by atoms with van der Waals surface area (Å²) in [5, 5.41) is 11.4. The Labute approximate surface area is 201 Å². The van der Waals surface area contributed by atoms with Crippen molar-refractivity contribution in [3.63, 3.8) is 0 Å². The number of nitrogens with two attached hydrogens (primary N) is 1. The molecule has 0 fully saturated rings. The van der Waals surface area contributed by atoms with E-state index >= 15 is 0 Å². The maximum Gasteiger partial charge on any atom is 0.266 e. The molecule has 5 N–H and O–H groups in total. The first-order chi connectivity index (χ1) is 16.2. The number of nitrogens with zero attached hydrogens (tertiary/aromatic N) is 2. The van der Waals surface area contributed by atoms with Crippen molar-refractivity contribution in [3.05, 3.63) is 85.3 Å². The second-order valence-corrected chi connectivity index (χ2v) is 8.20. The van der Waals surface area contributed by atoms with Gasteiger partial charge in [0.15, 0.2) is 0 Å². The molecule has 1 aromatic carbocycles. The third-order valence-electron chi connectivity index (χ3n) is 4.91. The molecule has 0 bridgehead atoms. The Morgan fingerprint density at radius 2 is 2.00 bits per heavy atom. The average Bonchev–Trinajstić information content (AvgIpc) is 2.82. The van der Waals surface area contributed by atoms with Crippen molar-refractivity contribution in [1.82, 2.24) is 20.3 Å². The maximum atomic E-state index is 14.0. The molecule has 0 unspecified atom stereocenters. The molecule has 2 heterocycles. The quantitative estimate of drug-likeness (QED) is 0.324. The van der Waals surface area contributed by atoms with Crippen LogP contribution in [-0.2, 0) is 24.4 Å². The van der Waals surface area contributed by atoms with Crippen LogP contribution in [0, 0.1) is 18.6 Å². The van der Waals surface area contributed by atoms with Gasteiger partial charge >= 0.3 is 0 Å². The lowest BCUT2D eigenvalue weighted by Gasteiger charge is -2.16. The molecule has 3 rings (SSSR count). The lowest BCUT2D eigenvalue weighted by Crippen LogP contribution is -2.42. The van der Waals surface area contributed by atoms with E-state index in [0.717, 1.165) is 12.1 Å². The third kappa shape index (κ3) is 6.22. The number of aliphatic hydroxyl groups excluding tert-OH is 1. The summed E-state index contributed by atoms with van der Waals surface area (Å²) in [5.41, 5.74) is 7.29. The number of carbonyl (C=O) groups excluding carboxylic acids is 1. The number of hydrogen-bond acceptors (Lipinski definition) is 7. The van der Waals surface area contributed by atoms with Crippen molar-refractivity contribution < 1.29 is 23.4 Å². The smallest absolute Gasteiger partial charge is 0.266 e. The predicted octanol–water partition coefficient (Wildman–Crippen LogP) is 1.62. The van der Waals surface area contributed by atoms with Gasteiger partial charge in [0, 0.05) is 35.5 Å². The molecule has 0 saturated heterocycles. The molecule has 180 valence electrons. The van der Waals surface area contributed by atoms with Crippen molar-refractivity contribution in [2.75, 3.05) is 6.61 Å². The number of aliphatic hydroxyl groups is 1. The van der Waals surface area contributed by atoms with Gasteiger partial charge in [-0.25, -0.2) is 8.78 Å². The minimum absolute atomic E-state index is 0.0840. The normalized spacial score (nSPS) is 11.8. The van der Waals surface area contributed by atoms with Crippen LogP contribution in [0.5, 0.6) is 5.75 Å². The summed E-state index contributed by atoms with van der Waals surface area (Å²) in [6.07, 6.45) is 3.22. The van der Waals surface area contributed by atoms with E-state index in [1.165, 1.54) is 18.5 Å². The maximum absolute atomic E-state index is 14.0. The third-order valence-corrected chi connectivity index (χ3v) is 5.63. The van der Waals surface area contributed by atoms with E-state index in [9.17, 15) is 18.4 Å². The van der Waals surface area contributed by atoms with Crippen LogP contribution in [0.4, 0.5) is 8.78 Å². The van der Waals surface area contributed by atoms with Crippen molar-refractivity contribution >= 4 is 21.8 Å². The van der Waals surface area contributed by atoms with Gasteiger partial charge in [-0.2, -0.15) is 0 Å². The number of hydrogen-bond donors (Lipinski definition) is 4. The molecule has 0 spiro atoms. The zero-order valence-corrected chi connectivity index (χ0v) is 19.7. The van der Waals surface area contributed by atoms with Gasteiger partial charge in [0.1, 0.15) is 34.5 Å². The monoisotopic (exact) mass is 537 g/mol. The molecule has 34 heavy (non-hydrogen) atoms. The van der Waals surface area contributed by atoms with Crippen LogP contribution in [0.15, 0.2) is 39.9 Å². The van der Waals surface area contributed by atoms with Crippen LogP contribution in [0.2, 0.25) is 0 Å². The van der Waals surface area contributed by atoms with E-state index in [0.29, 0.717) is 22.6 Å². The summed E-state index contributed by atoms with van der Waals surface area (Å²) in [4.78, 5) is 35.2. The zero-order valence-electron chi connectivity index (χ0n) is 18.1. The van der Waals surface area contributed by atoms with E-state index in [2.05, 4.69) is 36.2 Å². The Balaban J connectivity index is 1.78. The van der Waals surface area contributed by atoms with Crippen LogP contribution in [0.25, 0.3) is 0 Å². The van der Waals surface area contributed by atoms with Gasteiger partial charge in [0.2, 0.25) is 5.91 Å². The first-order valence-corrected chi connectivity index (χ1v) is 10.9. The fraction of sp³-hybridized carbons (Fsp3) is 0.273. The fourth-order valence-corrected chi connectivity index (χ4v) is 3.45. The summed E-state index contributed by atoms with van der Waals surface area (Å²) in [6.45, 7) is 1.08. The molecule has 0 aliphatic heterocycles. The lowest BCUT2D eigenvalue weighted by molar-refractivity contribution is -0.123.